The number of nitrogens with two attached hydrogens (primary N) is 1. The summed E-state index contributed by atoms with van der Waals surface area (Å²) in [5.41, 5.74) is 5.75. The smallest absolute Gasteiger partial charge is 0.449 e. The number of hydrogen-bond acceptors (Lipinski definition) is 5. The monoisotopic (exact) mass is 337 g/mol. The van der Waals surface area contributed by atoms with E-state index in [0.29, 0.717) is 6.42 Å². The molecule has 0 aromatic carbocycles. The Morgan fingerprint density at radius 1 is 1.00 bits per heavy atom. The van der Waals surface area contributed by atoms with Gasteiger partial charge in [-0.3, -0.25) is 9.59 Å². The molecule has 0 saturated heterocycles. The standard InChI is InChI=1S/C15H27NO5.ClH/c1-2-3-4-5-6-7-8-9-12(16)13(17)10-11-14(18)21-15(19)20;/h12H,2-11,16H2,1H3,(H,19,20);1H. The summed E-state index contributed by atoms with van der Waals surface area (Å²) in [5, 5.41) is 8.23. The van der Waals surface area contributed by atoms with Crippen LogP contribution in [0.2, 0.25) is 0 Å². The molecule has 0 heterocycles. The molecule has 3 N–H and O–H groups in total. The Kier molecular flexibility index (Phi) is 15.5. The summed E-state index contributed by atoms with van der Waals surface area (Å²) in [6.45, 7) is 2.18. The first-order chi connectivity index (χ1) is 9.97. The van der Waals surface area contributed by atoms with E-state index in [1.54, 1.807) is 0 Å². The molecule has 130 valence electrons. The number of carbonyl (C=O) groups is 3. The van der Waals surface area contributed by atoms with Crippen molar-refractivity contribution in [2.45, 2.75) is 77.2 Å². The van der Waals surface area contributed by atoms with Gasteiger partial charge in [0.25, 0.3) is 0 Å². The number of halogens is 1. The van der Waals surface area contributed by atoms with E-state index in [9.17, 15) is 14.4 Å². The highest BCUT2D eigenvalue weighted by Crippen LogP contribution is 2.10. The highest BCUT2D eigenvalue weighted by molar-refractivity contribution is 5.88. The first-order valence-corrected chi connectivity index (χ1v) is 7.69. The molecular weight excluding hydrogens is 310 g/mol. The van der Waals surface area contributed by atoms with Gasteiger partial charge in [-0.15, -0.1) is 12.4 Å². The lowest BCUT2D eigenvalue weighted by molar-refractivity contribution is -0.140. The molecule has 0 aliphatic carbocycles. The number of Topliss-reactive ketones (excluding diaryl/α,β-unsaturated/α-hetero) is 1. The maximum absolute atomic E-state index is 11.7. The van der Waals surface area contributed by atoms with E-state index >= 15 is 0 Å². The average Bonchev–Trinajstić information content (AvgIpc) is 2.42. The van der Waals surface area contributed by atoms with Gasteiger partial charge in [0.2, 0.25) is 0 Å². The topological polar surface area (TPSA) is 107 Å². The van der Waals surface area contributed by atoms with E-state index < -0.39 is 18.2 Å². The molecule has 1 atom stereocenters. The SMILES string of the molecule is CCCCCCCCCC(N)C(=O)CCC(=O)OC(=O)O.Cl. The fourth-order valence-electron chi connectivity index (χ4n) is 2.04. The summed E-state index contributed by atoms with van der Waals surface area (Å²) in [6, 6.07) is -0.571. The van der Waals surface area contributed by atoms with Gasteiger partial charge in [0, 0.05) is 6.42 Å². The largest absolute Gasteiger partial charge is 0.513 e. The van der Waals surface area contributed by atoms with Gasteiger partial charge in [-0.05, 0) is 6.42 Å². The average molecular weight is 338 g/mol. The van der Waals surface area contributed by atoms with Gasteiger partial charge in [0.15, 0.2) is 0 Å². The number of ether oxygens (including phenoxy) is 1. The van der Waals surface area contributed by atoms with Crippen molar-refractivity contribution >= 4 is 30.3 Å². The quantitative estimate of drug-likeness (QED) is 0.321. The molecule has 0 amide bonds. The van der Waals surface area contributed by atoms with E-state index in [4.69, 9.17) is 10.8 Å². The molecule has 0 aliphatic rings. The van der Waals surface area contributed by atoms with Gasteiger partial charge in [0.05, 0.1) is 12.5 Å². The number of esters is 1. The van der Waals surface area contributed by atoms with Crippen LogP contribution in [0.1, 0.15) is 71.1 Å². The van der Waals surface area contributed by atoms with E-state index in [0.717, 1.165) is 19.3 Å². The normalized spacial score (nSPS) is 11.4. The third-order valence-electron chi connectivity index (χ3n) is 3.31. The number of hydrogen-bond donors (Lipinski definition) is 2. The zero-order valence-corrected chi connectivity index (χ0v) is 14.0. The molecule has 0 aromatic rings. The Bertz CT molecular complexity index is 336. The molecule has 0 rings (SSSR count). The molecule has 0 spiro atoms. The van der Waals surface area contributed by atoms with Crippen LogP contribution >= 0.6 is 12.4 Å². The molecule has 7 heteroatoms. The van der Waals surface area contributed by atoms with Crippen LogP contribution in [0.5, 0.6) is 0 Å². The van der Waals surface area contributed by atoms with Gasteiger partial charge in [0.1, 0.15) is 5.78 Å². The minimum absolute atomic E-state index is 0. The third-order valence-corrected chi connectivity index (χ3v) is 3.31. The molecule has 22 heavy (non-hydrogen) atoms. The van der Waals surface area contributed by atoms with E-state index in [1.165, 1.54) is 25.7 Å². The molecule has 0 aromatic heterocycles. The lowest BCUT2D eigenvalue weighted by Crippen LogP contribution is -2.30. The van der Waals surface area contributed by atoms with Gasteiger partial charge >= 0.3 is 12.1 Å². The zero-order chi connectivity index (χ0) is 16.1. The molecule has 0 saturated carbocycles. The molecule has 0 bridgehead atoms. The summed E-state index contributed by atoms with van der Waals surface area (Å²) >= 11 is 0. The van der Waals surface area contributed by atoms with Crippen LogP contribution in [0.25, 0.3) is 0 Å². The van der Waals surface area contributed by atoms with Crippen molar-refractivity contribution in [1.29, 1.82) is 0 Å². The van der Waals surface area contributed by atoms with E-state index in [-0.39, 0.29) is 31.0 Å². The van der Waals surface area contributed by atoms with Crippen molar-refractivity contribution in [2.24, 2.45) is 5.73 Å². The second-order valence-corrected chi connectivity index (χ2v) is 5.22. The Morgan fingerprint density at radius 3 is 2.09 bits per heavy atom. The highest BCUT2D eigenvalue weighted by Gasteiger charge is 2.16. The van der Waals surface area contributed by atoms with Crippen LogP contribution < -0.4 is 5.73 Å². The number of rotatable bonds is 12. The summed E-state index contributed by atoms with van der Waals surface area (Å²) < 4.78 is 3.91. The number of carboxylic acid groups (broad SMARTS) is 1. The summed E-state index contributed by atoms with van der Waals surface area (Å²) in [4.78, 5) is 32.7. The van der Waals surface area contributed by atoms with Crippen molar-refractivity contribution in [3.8, 4) is 0 Å². The fourth-order valence-corrected chi connectivity index (χ4v) is 2.04. The van der Waals surface area contributed by atoms with Crippen LogP contribution in [0.3, 0.4) is 0 Å². The van der Waals surface area contributed by atoms with Gasteiger partial charge in [-0.2, -0.15) is 0 Å². The van der Waals surface area contributed by atoms with Crippen molar-refractivity contribution in [3.05, 3.63) is 0 Å². The van der Waals surface area contributed by atoms with Gasteiger partial charge < -0.3 is 15.6 Å². The lowest BCUT2D eigenvalue weighted by atomic mass is 10.0. The van der Waals surface area contributed by atoms with Gasteiger partial charge in [-0.1, -0.05) is 51.9 Å². The number of carbonyl (C=O) groups excluding carboxylic acids is 2. The minimum atomic E-state index is -1.65. The van der Waals surface area contributed by atoms with Crippen LogP contribution in [0.15, 0.2) is 0 Å². The Labute approximate surface area is 138 Å². The number of ketones is 1. The van der Waals surface area contributed by atoms with Gasteiger partial charge in [-0.25, -0.2) is 4.79 Å². The first kappa shape index (κ1) is 23.1. The third kappa shape index (κ3) is 13.8. The van der Waals surface area contributed by atoms with Crippen molar-refractivity contribution in [1.82, 2.24) is 0 Å². The van der Waals surface area contributed by atoms with Crippen molar-refractivity contribution in [3.63, 3.8) is 0 Å². The lowest BCUT2D eigenvalue weighted by Gasteiger charge is -2.09. The van der Waals surface area contributed by atoms with Crippen molar-refractivity contribution in [2.75, 3.05) is 0 Å². The first-order valence-electron chi connectivity index (χ1n) is 7.69. The minimum Gasteiger partial charge on any atom is -0.449 e. The Balaban J connectivity index is 0. The maximum Gasteiger partial charge on any atom is 0.513 e. The van der Waals surface area contributed by atoms with E-state index in [2.05, 4.69) is 11.7 Å². The fraction of sp³-hybridized carbons (Fsp3) is 0.800. The van der Waals surface area contributed by atoms with Crippen LogP contribution in [-0.4, -0.2) is 29.1 Å². The van der Waals surface area contributed by atoms with Crippen LogP contribution in [-0.2, 0) is 14.3 Å². The summed E-state index contributed by atoms with van der Waals surface area (Å²) in [7, 11) is 0. The second kappa shape index (κ2) is 14.8. The maximum atomic E-state index is 11.7. The molecule has 0 fully saturated rings. The second-order valence-electron chi connectivity index (χ2n) is 5.22. The van der Waals surface area contributed by atoms with Crippen LogP contribution in [0, 0.1) is 0 Å². The zero-order valence-electron chi connectivity index (χ0n) is 13.2. The molecule has 6 nitrogen and oxygen atoms in total. The Hall–Kier alpha value is -1.14. The summed E-state index contributed by atoms with van der Waals surface area (Å²) in [5.74, 6) is -1.14. The highest BCUT2D eigenvalue weighted by atomic mass is 35.5. The Morgan fingerprint density at radius 2 is 1.55 bits per heavy atom. The predicted octanol–water partition coefficient (Wildman–Crippen LogP) is 3.45. The number of unbranched alkanes of at least 4 members (excludes halogenated alkanes) is 6. The van der Waals surface area contributed by atoms with Crippen molar-refractivity contribution < 1.29 is 24.2 Å². The molecule has 0 aliphatic heterocycles. The van der Waals surface area contributed by atoms with Crippen LogP contribution in [0.4, 0.5) is 4.79 Å². The summed E-state index contributed by atoms with van der Waals surface area (Å²) in [6.07, 6.45) is 6.75. The molecule has 1 unspecified atom stereocenters. The predicted molar refractivity (Wildman–Crippen MR) is 86.2 cm³/mol. The van der Waals surface area contributed by atoms with E-state index in [1.807, 2.05) is 0 Å². The molecular formula is C15H28ClNO5. The molecule has 0 radical (unpaired) electrons.